The fourth-order valence-electron chi connectivity index (χ4n) is 2.69. The van der Waals surface area contributed by atoms with Gasteiger partial charge >= 0.3 is 0 Å². The Bertz CT molecular complexity index is 1060. The van der Waals surface area contributed by atoms with E-state index in [1.165, 1.54) is 12.1 Å². The number of pyridine rings is 1. The Balaban J connectivity index is 1.60. The first kappa shape index (κ1) is 21.4. The molecule has 0 fully saturated rings. The molecule has 0 spiro atoms. The van der Waals surface area contributed by atoms with Crippen molar-refractivity contribution in [1.82, 2.24) is 15.6 Å². The van der Waals surface area contributed by atoms with Gasteiger partial charge in [0.05, 0.1) is 10.5 Å². The predicted molar refractivity (Wildman–Crippen MR) is 113 cm³/mol. The Morgan fingerprint density at radius 2 is 1.74 bits per heavy atom. The number of non-ortho nitro benzene ring substituents is 1. The fourth-order valence-corrected chi connectivity index (χ4v) is 2.69. The highest BCUT2D eigenvalue weighted by molar-refractivity contribution is 5.98. The first-order chi connectivity index (χ1) is 15.0. The van der Waals surface area contributed by atoms with Gasteiger partial charge in [-0.15, -0.1) is 0 Å². The number of hydrogen-bond acceptors (Lipinski definition) is 6. The Hall–Kier alpha value is -4.27. The van der Waals surface area contributed by atoms with E-state index in [1.807, 2.05) is 6.07 Å². The van der Waals surface area contributed by atoms with Crippen LogP contribution in [-0.2, 0) is 11.3 Å². The van der Waals surface area contributed by atoms with Crippen LogP contribution in [0.4, 0.5) is 5.69 Å². The number of nitrogens with one attached hydrogen (secondary N) is 2. The van der Waals surface area contributed by atoms with Crippen LogP contribution in [0.5, 0.6) is 11.5 Å². The number of carbonyl (C=O) groups is 2. The minimum atomic E-state index is -0.588. The van der Waals surface area contributed by atoms with Crippen molar-refractivity contribution in [3.63, 3.8) is 0 Å². The number of benzene rings is 2. The van der Waals surface area contributed by atoms with Crippen LogP contribution >= 0.6 is 0 Å². The van der Waals surface area contributed by atoms with Gasteiger partial charge in [0.2, 0.25) is 5.91 Å². The van der Waals surface area contributed by atoms with Crippen LogP contribution in [0.25, 0.3) is 0 Å². The molecular weight excluding hydrogens is 400 g/mol. The standard InChI is InChI=1S/C22H20N4O5/c27-21(25-15-16-8-11-23-12-9-16)10-13-24-22(28)19-14-17(26(29)30)6-7-20(19)31-18-4-2-1-3-5-18/h1-9,11-12,14H,10,13,15H2,(H,24,28)(H,25,27). The number of aromatic nitrogens is 1. The van der Waals surface area contributed by atoms with E-state index < -0.39 is 10.8 Å². The third-order valence-electron chi connectivity index (χ3n) is 4.27. The van der Waals surface area contributed by atoms with Gasteiger partial charge in [-0.05, 0) is 35.9 Å². The molecule has 31 heavy (non-hydrogen) atoms. The zero-order chi connectivity index (χ0) is 22.1. The van der Waals surface area contributed by atoms with Crippen molar-refractivity contribution < 1.29 is 19.2 Å². The lowest BCUT2D eigenvalue weighted by atomic mass is 10.1. The first-order valence-electron chi connectivity index (χ1n) is 9.48. The van der Waals surface area contributed by atoms with Gasteiger partial charge in [0.15, 0.2) is 0 Å². The number of ether oxygens (including phenoxy) is 1. The summed E-state index contributed by atoms with van der Waals surface area (Å²) in [7, 11) is 0. The summed E-state index contributed by atoms with van der Waals surface area (Å²) in [5.41, 5.74) is 0.683. The molecule has 0 radical (unpaired) electrons. The molecule has 2 amide bonds. The van der Waals surface area contributed by atoms with E-state index in [2.05, 4.69) is 15.6 Å². The van der Waals surface area contributed by atoms with Crippen molar-refractivity contribution in [3.8, 4) is 11.5 Å². The summed E-state index contributed by atoms with van der Waals surface area (Å²) in [6, 6.07) is 16.1. The normalized spacial score (nSPS) is 10.2. The molecular formula is C22H20N4O5. The minimum absolute atomic E-state index is 0.00949. The summed E-state index contributed by atoms with van der Waals surface area (Å²) >= 11 is 0. The Morgan fingerprint density at radius 3 is 2.45 bits per heavy atom. The lowest BCUT2D eigenvalue weighted by Gasteiger charge is -2.12. The third kappa shape index (κ3) is 6.36. The monoisotopic (exact) mass is 420 g/mol. The highest BCUT2D eigenvalue weighted by Crippen LogP contribution is 2.28. The van der Waals surface area contributed by atoms with E-state index in [4.69, 9.17) is 4.74 Å². The van der Waals surface area contributed by atoms with Crippen molar-refractivity contribution in [2.24, 2.45) is 0 Å². The van der Waals surface area contributed by atoms with Crippen LogP contribution < -0.4 is 15.4 Å². The molecule has 9 nitrogen and oxygen atoms in total. The van der Waals surface area contributed by atoms with Crippen LogP contribution in [-0.4, -0.2) is 28.3 Å². The van der Waals surface area contributed by atoms with Crippen molar-refractivity contribution in [2.75, 3.05) is 6.54 Å². The van der Waals surface area contributed by atoms with Crippen LogP contribution in [0.2, 0.25) is 0 Å². The van der Waals surface area contributed by atoms with Crippen LogP contribution in [0.1, 0.15) is 22.3 Å². The maximum absolute atomic E-state index is 12.6. The van der Waals surface area contributed by atoms with Crippen LogP contribution in [0.15, 0.2) is 73.1 Å². The number of amides is 2. The van der Waals surface area contributed by atoms with E-state index in [1.54, 1.807) is 48.8 Å². The second-order valence-electron chi connectivity index (χ2n) is 6.49. The molecule has 158 valence electrons. The zero-order valence-electron chi connectivity index (χ0n) is 16.5. The number of nitro benzene ring substituents is 1. The van der Waals surface area contributed by atoms with Crippen molar-refractivity contribution in [1.29, 1.82) is 0 Å². The minimum Gasteiger partial charge on any atom is -0.457 e. The van der Waals surface area contributed by atoms with E-state index in [-0.39, 0.29) is 35.9 Å². The summed E-state index contributed by atoms with van der Waals surface area (Å²) in [4.78, 5) is 39.1. The largest absolute Gasteiger partial charge is 0.457 e. The van der Waals surface area contributed by atoms with Crippen molar-refractivity contribution >= 4 is 17.5 Å². The first-order valence-corrected chi connectivity index (χ1v) is 9.48. The number of para-hydroxylation sites is 1. The maximum Gasteiger partial charge on any atom is 0.270 e. The summed E-state index contributed by atoms with van der Waals surface area (Å²) in [5.74, 6) is -0.147. The van der Waals surface area contributed by atoms with Crippen molar-refractivity contribution in [3.05, 3.63) is 94.3 Å². The molecule has 0 aliphatic heterocycles. The van der Waals surface area contributed by atoms with Gasteiger partial charge in [0.1, 0.15) is 11.5 Å². The van der Waals surface area contributed by atoms with Gasteiger partial charge in [0.25, 0.3) is 11.6 Å². The lowest BCUT2D eigenvalue weighted by molar-refractivity contribution is -0.384. The van der Waals surface area contributed by atoms with E-state index >= 15 is 0 Å². The molecule has 3 aromatic rings. The number of carbonyl (C=O) groups excluding carboxylic acids is 2. The Morgan fingerprint density at radius 1 is 1.00 bits per heavy atom. The van der Waals surface area contributed by atoms with Crippen LogP contribution in [0.3, 0.4) is 0 Å². The molecule has 0 unspecified atom stereocenters. The molecule has 3 rings (SSSR count). The molecule has 2 aromatic carbocycles. The molecule has 9 heteroatoms. The predicted octanol–water partition coefficient (Wildman–Crippen LogP) is 3.22. The summed E-state index contributed by atoms with van der Waals surface area (Å²) in [6.07, 6.45) is 3.33. The van der Waals surface area contributed by atoms with Gasteiger partial charge < -0.3 is 15.4 Å². The molecule has 1 heterocycles. The van der Waals surface area contributed by atoms with Crippen molar-refractivity contribution in [2.45, 2.75) is 13.0 Å². The average Bonchev–Trinajstić information content (AvgIpc) is 2.79. The topological polar surface area (TPSA) is 123 Å². The van der Waals surface area contributed by atoms with Gasteiger partial charge in [-0.1, -0.05) is 18.2 Å². The second kappa shape index (κ2) is 10.5. The van der Waals surface area contributed by atoms with Crippen LogP contribution in [0, 0.1) is 10.1 Å². The second-order valence-corrected chi connectivity index (χ2v) is 6.49. The fraction of sp³-hybridized carbons (Fsp3) is 0.136. The molecule has 0 aliphatic carbocycles. The van der Waals surface area contributed by atoms with E-state index in [0.717, 1.165) is 11.6 Å². The highest BCUT2D eigenvalue weighted by Gasteiger charge is 2.18. The molecule has 1 aromatic heterocycles. The average molecular weight is 420 g/mol. The molecule has 0 saturated heterocycles. The van der Waals surface area contributed by atoms with Gasteiger partial charge in [-0.3, -0.25) is 24.7 Å². The van der Waals surface area contributed by atoms with E-state index in [9.17, 15) is 19.7 Å². The summed E-state index contributed by atoms with van der Waals surface area (Å²) in [5, 5.41) is 16.5. The van der Waals surface area contributed by atoms with E-state index in [0.29, 0.717) is 12.3 Å². The lowest BCUT2D eigenvalue weighted by Crippen LogP contribution is -2.30. The van der Waals surface area contributed by atoms with Gasteiger partial charge in [-0.25, -0.2) is 0 Å². The molecule has 2 N–H and O–H groups in total. The smallest absolute Gasteiger partial charge is 0.270 e. The Labute approximate surface area is 178 Å². The molecule has 0 aliphatic rings. The Kier molecular flexibility index (Phi) is 7.26. The number of nitrogens with zero attached hydrogens (tertiary/aromatic N) is 2. The third-order valence-corrected chi connectivity index (χ3v) is 4.27. The number of nitro groups is 1. The summed E-state index contributed by atoms with van der Waals surface area (Å²) < 4.78 is 5.71. The zero-order valence-corrected chi connectivity index (χ0v) is 16.5. The number of hydrogen-bond donors (Lipinski definition) is 2. The SMILES string of the molecule is O=C(CCNC(=O)c1cc([N+](=O)[O-])ccc1Oc1ccccc1)NCc1ccncc1. The quantitative estimate of drug-likeness (QED) is 0.405. The summed E-state index contributed by atoms with van der Waals surface area (Å²) in [6.45, 7) is 0.420. The molecule has 0 atom stereocenters. The van der Waals surface area contributed by atoms with Gasteiger partial charge in [-0.2, -0.15) is 0 Å². The molecule has 0 saturated carbocycles. The van der Waals surface area contributed by atoms with Gasteiger partial charge in [0, 0.05) is 44.0 Å². The number of rotatable bonds is 9. The highest BCUT2D eigenvalue weighted by atomic mass is 16.6. The molecule has 0 bridgehead atoms. The maximum atomic E-state index is 12.6.